The van der Waals surface area contributed by atoms with Crippen molar-refractivity contribution < 1.29 is 0 Å². The summed E-state index contributed by atoms with van der Waals surface area (Å²) in [7, 11) is 2.17. The molecule has 0 atom stereocenters. The van der Waals surface area contributed by atoms with Crippen LogP contribution in [-0.4, -0.2) is 7.05 Å². The summed E-state index contributed by atoms with van der Waals surface area (Å²) in [4.78, 5) is 4.90. The van der Waals surface area contributed by atoms with Crippen LogP contribution in [0, 0.1) is 0 Å². The molecule has 0 unspecified atom stereocenters. The fourth-order valence-electron chi connectivity index (χ4n) is 5.09. The highest BCUT2D eigenvalue weighted by Gasteiger charge is 2.22. The Kier molecular flexibility index (Phi) is 4.68. The summed E-state index contributed by atoms with van der Waals surface area (Å²) < 4.78 is 0. The van der Waals surface area contributed by atoms with Gasteiger partial charge in [-0.2, -0.15) is 0 Å². The molecule has 6 aromatic carbocycles. The van der Waals surface area contributed by atoms with Gasteiger partial charge in [-0.3, -0.25) is 0 Å². The van der Waals surface area contributed by atoms with Gasteiger partial charge in [0, 0.05) is 16.8 Å². The van der Waals surface area contributed by atoms with Crippen molar-refractivity contribution in [2.75, 3.05) is 11.9 Å². The SMILES string of the molecule is CN1c2ccc(-c3ccc4ccccc4c3)cc2Sc2cc(-c3ccc4ccccc4c3)ccc21. The molecule has 35 heavy (non-hydrogen) atoms. The van der Waals surface area contributed by atoms with Crippen LogP contribution >= 0.6 is 11.8 Å². The third kappa shape index (κ3) is 3.50. The van der Waals surface area contributed by atoms with Crippen LogP contribution in [0.25, 0.3) is 43.8 Å². The van der Waals surface area contributed by atoms with Crippen molar-refractivity contribution >= 4 is 44.7 Å². The van der Waals surface area contributed by atoms with E-state index in [1.165, 1.54) is 65.0 Å². The maximum absolute atomic E-state index is 2.34. The molecule has 0 spiro atoms. The highest BCUT2D eigenvalue weighted by molar-refractivity contribution is 7.99. The fourth-order valence-corrected chi connectivity index (χ4v) is 6.32. The molecule has 0 amide bonds. The van der Waals surface area contributed by atoms with E-state index in [9.17, 15) is 0 Å². The maximum atomic E-state index is 2.34. The van der Waals surface area contributed by atoms with Crippen LogP contribution in [0.1, 0.15) is 0 Å². The summed E-state index contributed by atoms with van der Waals surface area (Å²) in [6.07, 6.45) is 0. The lowest BCUT2D eigenvalue weighted by Crippen LogP contribution is -2.14. The molecule has 1 heterocycles. The van der Waals surface area contributed by atoms with Crippen molar-refractivity contribution in [1.82, 2.24) is 0 Å². The monoisotopic (exact) mass is 465 g/mol. The van der Waals surface area contributed by atoms with E-state index >= 15 is 0 Å². The van der Waals surface area contributed by atoms with Crippen LogP contribution in [-0.2, 0) is 0 Å². The van der Waals surface area contributed by atoms with Gasteiger partial charge in [0.15, 0.2) is 0 Å². The second kappa shape index (κ2) is 8.04. The van der Waals surface area contributed by atoms with E-state index < -0.39 is 0 Å². The lowest BCUT2D eigenvalue weighted by Gasteiger charge is -2.30. The minimum atomic E-state index is 1.25. The zero-order valence-electron chi connectivity index (χ0n) is 19.4. The largest absolute Gasteiger partial charge is 0.343 e. The Balaban J connectivity index is 1.27. The van der Waals surface area contributed by atoms with Crippen molar-refractivity contribution in [3.05, 3.63) is 121 Å². The predicted molar refractivity (Wildman–Crippen MR) is 151 cm³/mol. The third-order valence-electron chi connectivity index (χ3n) is 7.03. The van der Waals surface area contributed by atoms with E-state index in [2.05, 4.69) is 133 Å². The van der Waals surface area contributed by atoms with E-state index in [-0.39, 0.29) is 0 Å². The first kappa shape index (κ1) is 20.4. The Morgan fingerprint density at radius 2 is 0.829 bits per heavy atom. The average Bonchev–Trinajstić information content (AvgIpc) is 2.92. The van der Waals surface area contributed by atoms with Gasteiger partial charge in [-0.15, -0.1) is 0 Å². The Bertz CT molecular complexity index is 1620. The van der Waals surface area contributed by atoms with Crippen molar-refractivity contribution in [2.24, 2.45) is 0 Å². The highest BCUT2D eigenvalue weighted by Crippen LogP contribution is 2.49. The van der Waals surface area contributed by atoms with E-state index in [0.717, 1.165) is 0 Å². The molecule has 166 valence electrons. The van der Waals surface area contributed by atoms with E-state index in [1.807, 2.05) is 11.8 Å². The molecule has 6 aromatic rings. The third-order valence-corrected chi connectivity index (χ3v) is 8.12. The number of fused-ring (bicyclic) bond motifs is 4. The Morgan fingerprint density at radius 3 is 1.31 bits per heavy atom. The summed E-state index contributed by atoms with van der Waals surface area (Å²) in [6, 6.07) is 44.3. The summed E-state index contributed by atoms with van der Waals surface area (Å²) in [5, 5.41) is 5.10. The molecule has 2 heteroatoms. The minimum Gasteiger partial charge on any atom is -0.343 e. The van der Waals surface area contributed by atoms with Gasteiger partial charge >= 0.3 is 0 Å². The normalized spacial score (nSPS) is 12.5. The lowest BCUT2D eigenvalue weighted by atomic mass is 10.00. The van der Waals surface area contributed by atoms with Crippen LogP contribution in [0.2, 0.25) is 0 Å². The summed E-state index contributed by atoms with van der Waals surface area (Å²) in [6.45, 7) is 0. The van der Waals surface area contributed by atoms with Gasteiger partial charge in [0.1, 0.15) is 0 Å². The van der Waals surface area contributed by atoms with Crippen LogP contribution in [0.5, 0.6) is 0 Å². The topological polar surface area (TPSA) is 3.24 Å². The molecule has 0 bridgehead atoms. The second-order valence-corrected chi connectivity index (χ2v) is 10.2. The Hall–Kier alpha value is -4.01. The number of benzene rings is 6. The Labute approximate surface area is 209 Å². The van der Waals surface area contributed by atoms with Crippen molar-refractivity contribution in [2.45, 2.75) is 9.79 Å². The van der Waals surface area contributed by atoms with Gasteiger partial charge < -0.3 is 4.90 Å². The molecule has 0 saturated carbocycles. The van der Waals surface area contributed by atoms with Crippen LogP contribution < -0.4 is 4.90 Å². The first-order valence-corrected chi connectivity index (χ1v) is 12.7. The van der Waals surface area contributed by atoms with Crippen LogP contribution in [0.15, 0.2) is 131 Å². The van der Waals surface area contributed by atoms with E-state index in [1.54, 1.807) is 0 Å². The molecule has 7 rings (SSSR count). The summed E-state index contributed by atoms with van der Waals surface area (Å²) in [5.41, 5.74) is 7.53. The first-order chi connectivity index (χ1) is 17.2. The Morgan fingerprint density at radius 1 is 0.429 bits per heavy atom. The van der Waals surface area contributed by atoms with Gasteiger partial charge in [0.05, 0.1) is 11.4 Å². The fraction of sp³-hybridized carbons (Fsp3) is 0.0303. The zero-order valence-corrected chi connectivity index (χ0v) is 20.2. The molecule has 0 aromatic heterocycles. The molecule has 1 aliphatic rings. The van der Waals surface area contributed by atoms with Crippen molar-refractivity contribution in [1.29, 1.82) is 0 Å². The van der Waals surface area contributed by atoms with Gasteiger partial charge in [0.25, 0.3) is 0 Å². The molecule has 0 fully saturated rings. The smallest absolute Gasteiger partial charge is 0.0550 e. The van der Waals surface area contributed by atoms with Crippen molar-refractivity contribution in [3.8, 4) is 22.3 Å². The molecule has 0 radical (unpaired) electrons. The summed E-state index contributed by atoms with van der Waals surface area (Å²) >= 11 is 1.87. The number of rotatable bonds is 2. The molecule has 0 aliphatic carbocycles. The number of hydrogen-bond acceptors (Lipinski definition) is 2. The van der Waals surface area contributed by atoms with Gasteiger partial charge in [0.2, 0.25) is 0 Å². The van der Waals surface area contributed by atoms with Crippen molar-refractivity contribution in [3.63, 3.8) is 0 Å². The standard InChI is InChI=1S/C33H23NS/c1-34-30-16-14-28(26-12-10-22-6-2-4-8-24(22)18-26)20-32(30)35-33-21-29(15-17-31(33)34)27-13-11-23-7-3-5-9-25(23)19-27/h2-21H,1H3. The molecule has 1 nitrogen and oxygen atoms in total. The molecular weight excluding hydrogens is 442 g/mol. The van der Waals surface area contributed by atoms with Crippen LogP contribution in [0.4, 0.5) is 11.4 Å². The first-order valence-electron chi connectivity index (χ1n) is 11.9. The quantitative estimate of drug-likeness (QED) is 0.250. The average molecular weight is 466 g/mol. The number of nitrogens with zero attached hydrogens (tertiary/aromatic N) is 1. The van der Waals surface area contributed by atoms with Gasteiger partial charge in [-0.05, 0) is 80.2 Å². The lowest BCUT2D eigenvalue weighted by molar-refractivity contribution is 1.11. The predicted octanol–water partition coefficient (Wildman–Crippen LogP) is 9.56. The number of hydrogen-bond donors (Lipinski definition) is 0. The summed E-state index contributed by atoms with van der Waals surface area (Å²) in [5.74, 6) is 0. The van der Waals surface area contributed by atoms with E-state index in [4.69, 9.17) is 0 Å². The zero-order chi connectivity index (χ0) is 23.4. The van der Waals surface area contributed by atoms with E-state index in [0.29, 0.717) is 0 Å². The number of anilines is 2. The van der Waals surface area contributed by atoms with Gasteiger partial charge in [-0.1, -0.05) is 96.7 Å². The molecular formula is C33H23NS. The van der Waals surface area contributed by atoms with Crippen LogP contribution in [0.3, 0.4) is 0 Å². The highest BCUT2D eigenvalue weighted by atomic mass is 32.2. The van der Waals surface area contributed by atoms with Gasteiger partial charge in [-0.25, -0.2) is 0 Å². The molecule has 1 aliphatic heterocycles. The molecule has 0 saturated heterocycles. The maximum Gasteiger partial charge on any atom is 0.0550 e. The second-order valence-electron chi connectivity index (χ2n) is 9.15. The minimum absolute atomic E-state index is 1.25. The molecule has 0 N–H and O–H groups in total.